The molecule has 4 aromatic carbocycles. The highest BCUT2D eigenvalue weighted by atomic mass is 32.2. The highest BCUT2D eigenvalue weighted by Crippen LogP contribution is 2.34. The number of benzene rings is 4. The number of nitrogens with zero attached hydrogens (tertiary/aromatic N) is 2. The van der Waals surface area contributed by atoms with E-state index in [0.717, 1.165) is 16.7 Å². The Kier molecular flexibility index (Phi) is 9.46. The fraction of sp³-hybridized carbons (Fsp3) is 0.257. The van der Waals surface area contributed by atoms with Gasteiger partial charge in [0.25, 0.3) is 5.91 Å². The highest BCUT2D eigenvalue weighted by molar-refractivity contribution is 7.89. The maximum atomic E-state index is 14.2. The lowest BCUT2D eigenvalue weighted by molar-refractivity contribution is -0.128. The summed E-state index contributed by atoms with van der Waals surface area (Å²) in [6.45, 7) is 5.43. The van der Waals surface area contributed by atoms with Gasteiger partial charge in [-0.2, -0.15) is 4.31 Å². The Labute approximate surface area is 259 Å². The van der Waals surface area contributed by atoms with Crippen LogP contribution >= 0.6 is 0 Å². The molecule has 0 bridgehead atoms. The number of rotatable bonds is 10. The molecular formula is C35H37N3O5S. The first kappa shape index (κ1) is 31.0. The van der Waals surface area contributed by atoms with Crippen LogP contribution in [0.1, 0.15) is 27.8 Å². The lowest BCUT2D eigenvalue weighted by atomic mass is 10.1. The van der Waals surface area contributed by atoms with Gasteiger partial charge in [-0.1, -0.05) is 90.5 Å². The number of hydrogen-bond acceptors (Lipinski definition) is 5. The maximum Gasteiger partial charge on any atom is 0.262 e. The van der Waals surface area contributed by atoms with E-state index < -0.39 is 28.6 Å². The molecule has 1 aliphatic heterocycles. The topological polar surface area (TPSA) is 96.0 Å². The van der Waals surface area contributed by atoms with Crippen LogP contribution < -0.4 is 15.0 Å². The van der Waals surface area contributed by atoms with Crippen molar-refractivity contribution in [3.63, 3.8) is 0 Å². The average molecular weight is 612 g/mol. The molecule has 0 spiro atoms. The average Bonchev–Trinajstić information content (AvgIpc) is 3.00. The van der Waals surface area contributed by atoms with Crippen molar-refractivity contribution in [2.75, 3.05) is 24.5 Å². The van der Waals surface area contributed by atoms with Crippen LogP contribution in [-0.4, -0.2) is 50.3 Å². The minimum absolute atomic E-state index is 0.0110. The number of ether oxygens (including phenoxy) is 1. The van der Waals surface area contributed by atoms with Crippen molar-refractivity contribution in [2.45, 2.75) is 44.7 Å². The summed E-state index contributed by atoms with van der Waals surface area (Å²) in [5, 5.41) is 2.92. The van der Waals surface area contributed by atoms with Gasteiger partial charge in [0.05, 0.1) is 23.7 Å². The van der Waals surface area contributed by atoms with E-state index in [2.05, 4.69) is 5.32 Å². The zero-order chi connectivity index (χ0) is 31.3. The van der Waals surface area contributed by atoms with Crippen LogP contribution in [0.5, 0.6) is 5.75 Å². The zero-order valence-electron chi connectivity index (χ0n) is 25.2. The Balaban J connectivity index is 1.40. The second-order valence-electron chi connectivity index (χ2n) is 11.1. The zero-order valence-corrected chi connectivity index (χ0v) is 26.0. The molecule has 0 unspecified atom stereocenters. The van der Waals surface area contributed by atoms with E-state index in [4.69, 9.17) is 4.74 Å². The van der Waals surface area contributed by atoms with Crippen molar-refractivity contribution < 1.29 is 22.7 Å². The molecule has 0 radical (unpaired) electrons. The molecule has 8 nitrogen and oxygen atoms in total. The Hall–Kier alpha value is -4.47. The monoisotopic (exact) mass is 611 g/mol. The molecule has 0 aliphatic carbocycles. The number of nitrogens with one attached hydrogen (secondary N) is 1. The molecule has 228 valence electrons. The molecule has 5 rings (SSSR count). The van der Waals surface area contributed by atoms with E-state index in [1.54, 1.807) is 38.1 Å². The van der Waals surface area contributed by atoms with Crippen LogP contribution in [0.3, 0.4) is 0 Å². The van der Waals surface area contributed by atoms with Crippen molar-refractivity contribution in [1.29, 1.82) is 0 Å². The standard InChI is InChI=1S/C35H37N3O5S/c1-25-20-26(2)34(27(3)21-25)44(41,42)37(22-29-14-8-5-9-15-29)24-33(39)38-23-32(43-31-17-11-10-16-30(31)38)35(40)36-19-18-28-12-6-4-7-13-28/h4-17,20-21,32H,18-19,22-24H2,1-3H3,(H,36,40)/t32-/m1/s1. The molecule has 44 heavy (non-hydrogen) atoms. The molecule has 0 saturated carbocycles. The number of anilines is 1. The quantitative estimate of drug-likeness (QED) is 0.274. The molecular weight excluding hydrogens is 574 g/mol. The number of fused-ring (bicyclic) bond motifs is 1. The lowest BCUT2D eigenvalue weighted by Crippen LogP contribution is -2.53. The Bertz CT molecular complexity index is 1720. The molecule has 1 N–H and O–H groups in total. The van der Waals surface area contributed by atoms with Gasteiger partial charge < -0.3 is 15.0 Å². The largest absolute Gasteiger partial charge is 0.477 e. The van der Waals surface area contributed by atoms with Crippen molar-refractivity contribution in [3.8, 4) is 5.75 Å². The predicted octanol–water partition coefficient (Wildman–Crippen LogP) is 4.96. The summed E-state index contributed by atoms with van der Waals surface area (Å²) in [6, 6.07) is 29.7. The number of carbonyl (C=O) groups is 2. The number of sulfonamides is 1. The third-order valence-corrected chi connectivity index (χ3v) is 9.74. The number of hydrogen-bond donors (Lipinski definition) is 1. The fourth-order valence-electron chi connectivity index (χ4n) is 5.65. The lowest BCUT2D eigenvalue weighted by Gasteiger charge is -2.35. The van der Waals surface area contributed by atoms with E-state index >= 15 is 0 Å². The van der Waals surface area contributed by atoms with Gasteiger partial charge >= 0.3 is 0 Å². The summed E-state index contributed by atoms with van der Waals surface area (Å²) >= 11 is 0. The molecule has 0 fully saturated rings. The van der Waals surface area contributed by atoms with Gasteiger partial charge in [0, 0.05) is 13.1 Å². The number of amides is 2. The third-order valence-electron chi connectivity index (χ3n) is 7.64. The van der Waals surface area contributed by atoms with E-state index in [-0.39, 0.29) is 23.9 Å². The second kappa shape index (κ2) is 13.4. The van der Waals surface area contributed by atoms with Gasteiger partial charge in [0.1, 0.15) is 5.75 Å². The van der Waals surface area contributed by atoms with Gasteiger partial charge in [-0.05, 0) is 61.6 Å². The number of aryl methyl sites for hydroxylation is 3. The molecule has 1 heterocycles. The third kappa shape index (κ3) is 7.01. The maximum absolute atomic E-state index is 14.2. The molecule has 4 aromatic rings. The summed E-state index contributed by atoms with van der Waals surface area (Å²) in [6.07, 6.45) is -0.298. The summed E-state index contributed by atoms with van der Waals surface area (Å²) in [4.78, 5) is 28.9. The normalized spacial score (nSPS) is 14.5. The summed E-state index contributed by atoms with van der Waals surface area (Å²) in [7, 11) is -4.08. The number of carbonyl (C=O) groups excluding carboxylic acids is 2. The minimum atomic E-state index is -4.08. The van der Waals surface area contributed by atoms with Crippen LogP contribution in [0.4, 0.5) is 5.69 Å². The van der Waals surface area contributed by atoms with Gasteiger partial charge in [0.2, 0.25) is 15.9 Å². The summed E-state index contributed by atoms with van der Waals surface area (Å²) in [5.74, 6) is -0.407. The first-order valence-electron chi connectivity index (χ1n) is 14.6. The van der Waals surface area contributed by atoms with Crippen LogP contribution in [0, 0.1) is 20.8 Å². The Morgan fingerprint density at radius 1 is 0.864 bits per heavy atom. The van der Waals surface area contributed by atoms with E-state index in [0.29, 0.717) is 35.5 Å². The van der Waals surface area contributed by atoms with Crippen molar-refractivity contribution >= 4 is 27.5 Å². The summed E-state index contributed by atoms with van der Waals surface area (Å²) in [5.41, 5.74) is 4.55. The molecule has 0 aromatic heterocycles. The first-order chi connectivity index (χ1) is 21.1. The van der Waals surface area contributed by atoms with Crippen molar-refractivity contribution in [3.05, 3.63) is 125 Å². The van der Waals surface area contributed by atoms with Gasteiger partial charge in [-0.25, -0.2) is 8.42 Å². The van der Waals surface area contributed by atoms with E-state index in [9.17, 15) is 18.0 Å². The molecule has 9 heteroatoms. The van der Waals surface area contributed by atoms with Crippen LogP contribution in [-0.2, 0) is 32.6 Å². The van der Waals surface area contributed by atoms with Gasteiger partial charge in [-0.3, -0.25) is 9.59 Å². The minimum Gasteiger partial charge on any atom is -0.477 e. The van der Waals surface area contributed by atoms with Crippen LogP contribution in [0.2, 0.25) is 0 Å². The van der Waals surface area contributed by atoms with Gasteiger partial charge in [0.15, 0.2) is 6.10 Å². The summed E-state index contributed by atoms with van der Waals surface area (Å²) < 4.78 is 35.7. The molecule has 1 aliphatic rings. The highest BCUT2D eigenvalue weighted by Gasteiger charge is 2.37. The van der Waals surface area contributed by atoms with E-state index in [1.165, 1.54) is 9.21 Å². The second-order valence-corrected chi connectivity index (χ2v) is 13.0. The van der Waals surface area contributed by atoms with Crippen LogP contribution in [0.15, 0.2) is 102 Å². The molecule has 0 saturated heterocycles. The van der Waals surface area contributed by atoms with Crippen molar-refractivity contribution in [2.24, 2.45) is 0 Å². The van der Waals surface area contributed by atoms with Crippen LogP contribution in [0.25, 0.3) is 0 Å². The molecule has 2 amide bonds. The van der Waals surface area contributed by atoms with E-state index in [1.807, 2.05) is 79.7 Å². The SMILES string of the molecule is Cc1cc(C)c(S(=O)(=O)N(CC(=O)N2C[C@H](C(=O)NCCc3ccccc3)Oc3ccccc32)Cc2ccccc2)c(C)c1. The Morgan fingerprint density at radius 2 is 1.45 bits per heavy atom. The number of para-hydroxylation sites is 2. The van der Waals surface area contributed by atoms with Crippen molar-refractivity contribution in [1.82, 2.24) is 9.62 Å². The fourth-order valence-corrected chi connectivity index (χ4v) is 7.44. The smallest absolute Gasteiger partial charge is 0.262 e. The predicted molar refractivity (Wildman–Crippen MR) is 171 cm³/mol. The first-order valence-corrected chi connectivity index (χ1v) is 16.1. The molecule has 1 atom stereocenters. The Morgan fingerprint density at radius 3 is 2.11 bits per heavy atom. The van der Waals surface area contributed by atoms with Gasteiger partial charge in [-0.15, -0.1) is 0 Å².